The molecule has 0 unspecified atom stereocenters. The zero-order chi connectivity index (χ0) is 28.2. The first-order valence-electron chi connectivity index (χ1n) is 13.4. The van der Waals surface area contributed by atoms with Gasteiger partial charge in [0.05, 0.1) is 17.7 Å². The molecule has 0 aliphatic carbocycles. The lowest BCUT2D eigenvalue weighted by Crippen LogP contribution is -2.49. The highest BCUT2D eigenvalue weighted by Crippen LogP contribution is 2.42. The van der Waals surface area contributed by atoms with Crippen LogP contribution in [0, 0.1) is 5.92 Å². The van der Waals surface area contributed by atoms with Crippen molar-refractivity contribution in [2.75, 3.05) is 24.5 Å². The highest BCUT2D eigenvalue weighted by Gasteiger charge is 2.35. The van der Waals surface area contributed by atoms with Crippen molar-refractivity contribution in [2.24, 2.45) is 5.92 Å². The molecule has 9 heteroatoms. The molecule has 1 N–H and O–H groups in total. The molecule has 4 rings (SSSR count). The van der Waals surface area contributed by atoms with Gasteiger partial charge in [-0.2, -0.15) is 0 Å². The van der Waals surface area contributed by atoms with Crippen LogP contribution in [0.3, 0.4) is 0 Å². The van der Waals surface area contributed by atoms with Crippen molar-refractivity contribution in [1.82, 2.24) is 10.2 Å². The van der Waals surface area contributed by atoms with Crippen molar-refractivity contribution >= 4 is 38.3 Å². The maximum absolute atomic E-state index is 13.6. The maximum atomic E-state index is 13.6. The lowest BCUT2D eigenvalue weighted by molar-refractivity contribution is -0.141. The van der Waals surface area contributed by atoms with E-state index in [9.17, 15) is 18.0 Å². The van der Waals surface area contributed by atoms with Crippen LogP contribution in [0.15, 0.2) is 65.6 Å². The van der Waals surface area contributed by atoms with Crippen LogP contribution in [-0.4, -0.2) is 51.4 Å². The summed E-state index contributed by atoms with van der Waals surface area (Å²) in [4.78, 5) is 28.7. The van der Waals surface area contributed by atoms with E-state index in [2.05, 4.69) is 5.32 Å². The van der Waals surface area contributed by atoms with Crippen molar-refractivity contribution in [3.8, 4) is 5.75 Å². The van der Waals surface area contributed by atoms with Gasteiger partial charge in [0.1, 0.15) is 11.8 Å². The Kier molecular flexibility index (Phi) is 8.80. The van der Waals surface area contributed by atoms with Gasteiger partial charge >= 0.3 is 0 Å². The number of carbonyl (C=O) groups is 2. The van der Waals surface area contributed by atoms with Gasteiger partial charge in [-0.05, 0) is 54.0 Å². The van der Waals surface area contributed by atoms with Gasteiger partial charge in [-0.1, -0.05) is 57.2 Å². The molecule has 1 atom stereocenters. The van der Waals surface area contributed by atoms with Crippen LogP contribution in [0.1, 0.15) is 45.6 Å². The van der Waals surface area contributed by atoms with Crippen LogP contribution >= 0.6 is 0 Å². The van der Waals surface area contributed by atoms with Gasteiger partial charge in [0.15, 0.2) is 0 Å². The van der Waals surface area contributed by atoms with E-state index >= 15 is 0 Å². The number of amides is 2. The molecular formula is C30H37N3O5S. The Morgan fingerprint density at radius 1 is 1.05 bits per heavy atom. The number of hydrogen-bond donors (Lipinski definition) is 1. The summed E-state index contributed by atoms with van der Waals surface area (Å²) in [5.74, 6) is 0.568. The molecule has 1 aliphatic rings. The molecule has 39 heavy (non-hydrogen) atoms. The topological polar surface area (TPSA) is 96.0 Å². The largest absolute Gasteiger partial charge is 0.497 e. The fourth-order valence-corrected chi connectivity index (χ4v) is 6.77. The molecule has 1 aliphatic heterocycles. The van der Waals surface area contributed by atoms with Crippen LogP contribution in [-0.2, 0) is 26.2 Å². The standard InChI is InChI=1S/C30H37N3O5S/c1-5-25(30(35)31-19-21(2)3)32(20-22-10-6-13-24(18-22)38-4)28(34)16-9-17-33-26-14-7-11-23-12-8-15-27(29(23)26)39(33,36)37/h6-8,10-15,18,21,25H,5,9,16-17,19-20H2,1-4H3,(H,31,35)/t25-/m0/s1. The summed E-state index contributed by atoms with van der Waals surface area (Å²) in [6.07, 6.45) is 0.884. The molecule has 3 aromatic rings. The molecular weight excluding hydrogens is 514 g/mol. The predicted molar refractivity (Wildman–Crippen MR) is 153 cm³/mol. The number of methoxy groups -OCH3 is 1. The molecule has 0 saturated carbocycles. The average molecular weight is 552 g/mol. The zero-order valence-electron chi connectivity index (χ0n) is 23.0. The minimum atomic E-state index is -3.69. The fraction of sp³-hybridized carbons (Fsp3) is 0.400. The SMILES string of the molecule is CC[C@@H](C(=O)NCC(C)C)N(Cc1cccc(OC)c1)C(=O)CCCN1c2cccc3cccc(c23)S1(=O)=O. The fourth-order valence-electron chi connectivity index (χ4n) is 5.03. The van der Waals surface area contributed by atoms with Crippen LogP contribution < -0.4 is 14.4 Å². The van der Waals surface area contributed by atoms with Crippen molar-refractivity contribution in [3.63, 3.8) is 0 Å². The Morgan fingerprint density at radius 3 is 2.46 bits per heavy atom. The number of hydrogen-bond acceptors (Lipinski definition) is 5. The number of sulfonamides is 1. The summed E-state index contributed by atoms with van der Waals surface area (Å²) >= 11 is 0. The first kappa shape index (κ1) is 28.4. The lowest BCUT2D eigenvalue weighted by Gasteiger charge is -2.31. The minimum Gasteiger partial charge on any atom is -0.497 e. The minimum absolute atomic E-state index is 0.107. The molecule has 8 nitrogen and oxygen atoms in total. The second-order valence-electron chi connectivity index (χ2n) is 10.2. The number of anilines is 1. The Bertz CT molecular complexity index is 1450. The molecule has 0 spiro atoms. The van der Waals surface area contributed by atoms with E-state index in [-0.39, 0.29) is 37.2 Å². The second kappa shape index (κ2) is 12.1. The quantitative estimate of drug-likeness (QED) is 0.352. The van der Waals surface area contributed by atoms with E-state index in [1.807, 2.05) is 63.2 Å². The van der Waals surface area contributed by atoms with Crippen LogP contribution in [0.2, 0.25) is 0 Å². The summed E-state index contributed by atoms with van der Waals surface area (Å²) in [6, 6.07) is 17.6. The third-order valence-corrected chi connectivity index (χ3v) is 8.85. The van der Waals surface area contributed by atoms with Gasteiger partial charge < -0.3 is 15.0 Å². The lowest BCUT2D eigenvalue weighted by atomic mass is 10.1. The van der Waals surface area contributed by atoms with Gasteiger partial charge in [-0.25, -0.2) is 8.42 Å². The molecule has 208 valence electrons. The molecule has 0 saturated heterocycles. The number of nitrogens with one attached hydrogen (secondary N) is 1. The van der Waals surface area contributed by atoms with Gasteiger partial charge in [0.25, 0.3) is 10.0 Å². The summed E-state index contributed by atoms with van der Waals surface area (Å²) in [7, 11) is -2.11. The molecule has 0 fully saturated rings. The first-order valence-corrected chi connectivity index (χ1v) is 14.9. The van der Waals surface area contributed by atoms with Crippen LogP contribution in [0.4, 0.5) is 5.69 Å². The molecule has 2 amide bonds. The molecule has 0 aromatic heterocycles. The highest BCUT2D eigenvalue weighted by molar-refractivity contribution is 7.93. The third kappa shape index (κ3) is 6.03. The molecule has 1 heterocycles. The maximum Gasteiger partial charge on any atom is 0.265 e. The van der Waals surface area contributed by atoms with E-state index in [0.29, 0.717) is 35.7 Å². The number of carbonyl (C=O) groups excluding carboxylic acids is 2. The van der Waals surface area contributed by atoms with E-state index in [0.717, 1.165) is 16.3 Å². The van der Waals surface area contributed by atoms with Crippen LogP contribution in [0.25, 0.3) is 10.8 Å². The monoisotopic (exact) mass is 551 g/mol. The first-order chi connectivity index (χ1) is 18.7. The Morgan fingerprint density at radius 2 is 1.77 bits per heavy atom. The Balaban J connectivity index is 1.52. The van der Waals surface area contributed by atoms with Crippen LogP contribution in [0.5, 0.6) is 5.75 Å². The summed E-state index contributed by atoms with van der Waals surface area (Å²) in [5, 5.41) is 4.56. The Labute approximate surface area is 231 Å². The average Bonchev–Trinajstić information content (AvgIpc) is 3.14. The van der Waals surface area contributed by atoms with Crippen molar-refractivity contribution in [3.05, 3.63) is 66.2 Å². The van der Waals surface area contributed by atoms with Gasteiger partial charge in [-0.3, -0.25) is 13.9 Å². The highest BCUT2D eigenvalue weighted by atomic mass is 32.2. The molecule has 0 bridgehead atoms. The summed E-state index contributed by atoms with van der Waals surface area (Å²) in [6.45, 7) is 6.87. The van der Waals surface area contributed by atoms with Gasteiger partial charge in [0.2, 0.25) is 11.8 Å². The molecule has 0 radical (unpaired) electrons. The van der Waals surface area contributed by atoms with E-state index < -0.39 is 16.1 Å². The van der Waals surface area contributed by atoms with E-state index in [4.69, 9.17) is 4.74 Å². The normalized spacial score (nSPS) is 14.4. The summed E-state index contributed by atoms with van der Waals surface area (Å²) in [5.41, 5.74) is 1.49. The summed E-state index contributed by atoms with van der Waals surface area (Å²) < 4.78 is 33.4. The van der Waals surface area contributed by atoms with E-state index in [1.165, 1.54) is 4.31 Å². The smallest absolute Gasteiger partial charge is 0.265 e. The van der Waals surface area contributed by atoms with E-state index in [1.54, 1.807) is 30.2 Å². The van der Waals surface area contributed by atoms with Crippen molar-refractivity contribution in [2.45, 2.75) is 57.5 Å². The number of nitrogens with zero attached hydrogens (tertiary/aromatic N) is 2. The third-order valence-electron chi connectivity index (χ3n) is 6.99. The molecule has 3 aromatic carbocycles. The number of benzene rings is 3. The van der Waals surface area contributed by atoms with Crippen molar-refractivity contribution < 1.29 is 22.7 Å². The zero-order valence-corrected chi connectivity index (χ0v) is 23.8. The second-order valence-corrected chi connectivity index (χ2v) is 12.1. The van der Waals surface area contributed by atoms with Gasteiger partial charge in [0, 0.05) is 31.4 Å². The number of rotatable bonds is 12. The number of ether oxygens (including phenoxy) is 1. The predicted octanol–water partition coefficient (Wildman–Crippen LogP) is 4.72. The van der Waals surface area contributed by atoms with Gasteiger partial charge in [-0.15, -0.1) is 0 Å². The van der Waals surface area contributed by atoms with Crippen molar-refractivity contribution in [1.29, 1.82) is 0 Å². The Hall–Kier alpha value is -3.59.